The van der Waals surface area contributed by atoms with Crippen LogP contribution in [0.1, 0.15) is 45.4 Å². The molecule has 1 saturated carbocycles. The Morgan fingerprint density at radius 2 is 1.77 bits per heavy atom. The summed E-state index contributed by atoms with van der Waals surface area (Å²) in [6.45, 7) is 11.7. The molecule has 3 saturated heterocycles. The lowest BCUT2D eigenvalue weighted by atomic mass is 9.90. The van der Waals surface area contributed by atoms with Gasteiger partial charge in [0.05, 0.1) is 6.54 Å². The largest absolute Gasteiger partial charge is 0.441 e. The molecule has 1 spiro atoms. The van der Waals surface area contributed by atoms with E-state index in [1.165, 1.54) is 0 Å². The Bertz CT molecular complexity index is 614. The second kappa shape index (κ2) is 9.40. The second-order valence-electron chi connectivity index (χ2n) is 9.70. The van der Waals surface area contributed by atoms with E-state index in [1.807, 2.05) is 9.80 Å². The van der Waals surface area contributed by atoms with Gasteiger partial charge in [-0.3, -0.25) is 4.79 Å². The standard InChI is InChI=1S/C22H39N5O3/c1-2-24-12-14-25(15-13-24)8-3-9-27-17-22(30-21(27)29)6-10-26(11-7-22)20(28)18-4-5-19(23)16-18/h18-19H,2-17,23H2,1H3/t18-,19+/m1/s1. The molecule has 2 atom stereocenters. The fourth-order valence-corrected chi connectivity index (χ4v) is 5.57. The summed E-state index contributed by atoms with van der Waals surface area (Å²) in [5.41, 5.74) is 5.58. The van der Waals surface area contributed by atoms with Gasteiger partial charge in [-0.05, 0) is 38.8 Å². The average molecular weight is 422 g/mol. The molecule has 2 amide bonds. The zero-order chi connectivity index (χ0) is 21.1. The van der Waals surface area contributed by atoms with Crippen molar-refractivity contribution in [2.24, 2.45) is 11.7 Å². The smallest absolute Gasteiger partial charge is 0.410 e. The molecule has 4 rings (SSSR count). The molecule has 3 aliphatic heterocycles. The van der Waals surface area contributed by atoms with Gasteiger partial charge in [-0.1, -0.05) is 6.92 Å². The van der Waals surface area contributed by atoms with Crippen molar-refractivity contribution in [3.8, 4) is 0 Å². The molecular weight excluding hydrogens is 382 g/mol. The SMILES string of the molecule is CCN1CCN(CCCN2CC3(CCN(C(=O)[C@@H]4CC[C@H](N)C4)CC3)OC2=O)CC1. The Kier molecular flexibility index (Phi) is 6.85. The molecule has 0 unspecified atom stereocenters. The van der Waals surface area contributed by atoms with Gasteiger partial charge in [-0.2, -0.15) is 0 Å². The molecule has 1 aliphatic carbocycles. The third-order valence-electron chi connectivity index (χ3n) is 7.66. The highest BCUT2D eigenvalue weighted by Crippen LogP contribution is 2.35. The maximum Gasteiger partial charge on any atom is 0.410 e. The van der Waals surface area contributed by atoms with Crippen molar-refractivity contribution in [1.29, 1.82) is 0 Å². The number of carbonyl (C=O) groups is 2. The van der Waals surface area contributed by atoms with E-state index in [4.69, 9.17) is 10.5 Å². The molecule has 0 aromatic heterocycles. The van der Waals surface area contributed by atoms with Crippen molar-refractivity contribution in [3.63, 3.8) is 0 Å². The number of ether oxygens (including phenoxy) is 1. The van der Waals surface area contributed by atoms with Crippen molar-refractivity contribution in [3.05, 3.63) is 0 Å². The van der Waals surface area contributed by atoms with E-state index in [9.17, 15) is 9.59 Å². The van der Waals surface area contributed by atoms with E-state index in [1.54, 1.807) is 0 Å². The minimum absolute atomic E-state index is 0.0934. The molecule has 0 radical (unpaired) electrons. The minimum Gasteiger partial charge on any atom is -0.441 e. The van der Waals surface area contributed by atoms with Crippen LogP contribution in [0.3, 0.4) is 0 Å². The Morgan fingerprint density at radius 3 is 2.40 bits per heavy atom. The number of hydrogen-bond donors (Lipinski definition) is 1. The Labute approximate surface area is 180 Å². The third kappa shape index (κ3) is 4.92. The van der Waals surface area contributed by atoms with Crippen LogP contribution in [0.25, 0.3) is 0 Å². The minimum atomic E-state index is -0.396. The zero-order valence-electron chi connectivity index (χ0n) is 18.6. The average Bonchev–Trinajstić information content (AvgIpc) is 3.32. The van der Waals surface area contributed by atoms with Crippen molar-refractivity contribution in [1.82, 2.24) is 19.6 Å². The van der Waals surface area contributed by atoms with Gasteiger partial charge in [0.15, 0.2) is 0 Å². The van der Waals surface area contributed by atoms with Crippen LogP contribution >= 0.6 is 0 Å². The number of piperazine rings is 1. The first kappa shape index (κ1) is 21.8. The maximum atomic E-state index is 12.8. The van der Waals surface area contributed by atoms with Gasteiger partial charge in [0, 0.05) is 70.6 Å². The van der Waals surface area contributed by atoms with Crippen molar-refractivity contribution in [2.75, 3.05) is 65.4 Å². The third-order valence-corrected chi connectivity index (χ3v) is 7.66. The summed E-state index contributed by atoms with van der Waals surface area (Å²) in [5.74, 6) is 0.345. The first-order chi connectivity index (χ1) is 14.5. The number of carbonyl (C=O) groups excluding carboxylic acids is 2. The topological polar surface area (TPSA) is 82.3 Å². The number of rotatable bonds is 6. The van der Waals surface area contributed by atoms with E-state index >= 15 is 0 Å². The monoisotopic (exact) mass is 421 g/mol. The van der Waals surface area contributed by atoms with Gasteiger partial charge in [-0.15, -0.1) is 0 Å². The van der Waals surface area contributed by atoms with Crippen LogP contribution in [0.2, 0.25) is 0 Å². The van der Waals surface area contributed by atoms with Crippen LogP contribution in [-0.4, -0.2) is 109 Å². The number of nitrogens with two attached hydrogens (primary N) is 1. The van der Waals surface area contributed by atoms with Gasteiger partial charge in [0.1, 0.15) is 5.60 Å². The predicted octanol–water partition coefficient (Wildman–Crippen LogP) is 0.955. The van der Waals surface area contributed by atoms with E-state index in [2.05, 4.69) is 16.7 Å². The van der Waals surface area contributed by atoms with E-state index in [0.29, 0.717) is 19.6 Å². The van der Waals surface area contributed by atoms with E-state index in [-0.39, 0.29) is 24.0 Å². The van der Waals surface area contributed by atoms with Crippen LogP contribution in [0.15, 0.2) is 0 Å². The summed E-state index contributed by atoms with van der Waals surface area (Å²) < 4.78 is 5.85. The van der Waals surface area contributed by atoms with Crippen LogP contribution in [0, 0.1) is 5.92 Å². The second-order valence-corrected chi connectivity index (χ2v) is 9.70. The molecule has 2 N–H and O–H groups in total. The van der Waals surface area contributed by atoms with Crippen molar-refractivity contribution < 1.29 is 14.3 Å². The molecule has 8 nitrogen and oxygen atoms in total. The number of likely N-dealkylation sites (N-methyl/N-ethyl adjacent to an activating group) is 1. The van der Waals surface area contributed by atoms with Crippen molar-refractivity contribution in [2.45, 2.75) is 57.1 Å². The van der Waals surface area contributed by atoms with Crippen LogP contribution in [0.4, 0.5) is 4.79 Å². The summed E-state index contributed by atoms with van der Waals surface area (Å²) >= 11 is 0. The summed E-state index contributed by atoms with van der Waals surface area (Å²) in [6, 6.07) is 0.176. The zero-order valence-corrected chi connectivity index (χ0v) is 18.6. The van der Waals surface area contributed by atoms with Gasteiger partial charge in [-0.25, -0.2) is 4.79 Å². The Morgan fingerprint density at radius 1 is 1.07 bits per heavy atom. The molecule has 170 valence electrons. The summed E-state index contributed by atoms with van der Waals surface area (Å²) in [7, 11) is 0. The summed E-state index contributed by atoms with van der Waals surface area (Å²) in [5, 5.41) is 0. The highest BCUT2D eigenvalue weighted by atomic mass is 16.6. The lowest BCUT2D eigenvalue weighted by molar-refractivity contribution is -0.138. The van der Waals surface area contributed by atoms with Gasteiger partial charge < -0.3 is 30.1 Å². The lowest BCUT2D eigenvalue weighted by Crippen LogP contribution is -2.50. The predicted molar refractivity (Wildman–Crippen MR) is 115 cm³/mol. The number of hydrogen-bond acceptors (Lipinski definition) is 6. The van der Waals surface area contributed by atoms with Gasteiger partial charge in [0.2, 0.25) is 5.91 Å². The normalized spacial score (nSPS) is 30.3. The number of piperidine rings is 1. The number of likely N-dealkylation sites (tertiary alicyclic amines) is 1. The Balaban J connectivity index is 1.19. The molecule has 0 bridgehead atoms. The first-order valence-electron chi connectivity index (χ1n) is 11.9. The Hall–Kier alpha value is -1.38. The molecule has 0 aromatic carbocycles. The highest BCUT2D eigenvalue weighted by Gasteiger charge is 2.47. The molecule has 3 heterocycles. The van der Waals surface area contributed by atoms with Gasteiger partial charge >= 0.3 is 6.09 Å². The molecular formula is C22H39N5O3. The van der Waals surface area contributed by atoms with Crippen LogP contribution in [-0.2, 0) is 9.53 Å². The maximum absolute atomic E-state index is 12.8. The van der Waals surface area contributed by atoms with E-state index < -0.39 is 5.60 Å². The van der Waals surface area contributed by atoms with Crippen LogP contribution in [0.5, 0.6) is 0 Å². The molecule has 0 aromatic rings. The molecule has 4 aliphatic rings. The van der Waals surface area contributed by atoms with E-state index in [0.717, 1.165) is 84.3 Å². The van der Waals surface area contributed by atoms with Crippen molar-refractivity contribution >= 4 is 12.0 Å². The number of nitrogens with zero attached hydrogens (tertiary/aromatic N) is 4. The highest BCUT2D eigenvalue weighted by molar-refractivity contribution is 5.79. The van der Waals surface area contributed by atoms with Gasteiger partial charge in [0.25, 0.3) is 0 Å². The molecule has 4 fully saturated rings. The summed E-state index contributed by atoms with van der Waals surface area (Å²) in [6.07, 6.45) is 5.00. The fraction of sp³-hybridized carbons (Fsp3) is 0.909. The number of amides is 2. The first-order valence-corrected chi connectivity index (χ1v) is 11.9. The lowest BCUT2D eigenvalue weighted by Gasteiger charge is -2.38. The fourth-order valence-electron chi connectivity index (χ4n) is 5.57. The van der Waals surface area contributed by atoms with Crippen LogP contribution < -0.4 is 5.73 Å². The quantitative estimate of drug-likeness (QED) is 0.688. The summed E-state index contributed by atoms with van der Waals surface area (Å²) in [4.78, 5) is 34.1. The molecule has 8 heteroatoms. The molecule has 30 heavy (non-hydrogen) atoms.